The molecule has 96 valence electrons. The van der Waals surface area contributed by atoms with Crippen molar-refractivity contribution in [3.05, 3.63) is 0 Å². The van der Waals surface area contributed by atoms with Crippen molar-refractivity contribution in [2.45, 2.75) is 44.7 Å². The number of halogens is 4. The summed E-state index contributed by atoms with van der Waals surface area (Å²) in [6.07, 6.45) is 2.36. The van der Waals surface area contributed by atoms with Gasteiger partial charge in [0.15, 0.2) is 0 Å². The van der Waals surface area contributed by atoms with Gasteiger partial charge in [-0.25, -0.2) is 0 Å². The third kappa shape index (κ3) is 5.04. The first-order valence-electron chi connectivity index (χ1n) is 5.68. The molecule has 0 aromatic rings. The van der Waals surface area contributed by atoms with Crippen molar-refractivity contribution in [3.8, 4) is 0 Å². The maximum Gasteiger partial charge on any atom is 0.411 e. The Balaban J connectivity index is 2.23. The largest absolute Gasteiger partial charge is 0.411 e. The zero-order chi connectivity index (χ0) is 12.1. The van der Waals surface area contributed by atoms with Gasteiger partial charge in [-0.3, -0.25) is 0 Å². The van der Waals surface area contributed by atoms with Crippen LogP contribution in [0.5, 0.6) is 0 Å². The molecule has 0 unspecified atom stereocenters. The fourth-order valence-corrected chi connectivity index (χ4v) is 3.07. The highest BCUT2D eigenvalue weighted by Gasteiger charge is 2.32. The van der Waals surface area contributed by atoms with Crippen molar-refractivity contribution in [2.75, 3.05) is 18.5 Å². The minimum atomic E-state index is -4.20. The molecule has 1 aliphatic rings. The van der Waals surface area contributed by atoms with Crippen molar-refractivity contribution in [1.29, 1.82) is 0 Å². The van der Waals surface area contributed by atoms with E-state index in [2.05, 4.69) is 20.7 Å². The maximum absolute atomic E-state index is 11.9. The summed E-state index contributed by atoms with van der Waals surface area (Å²) >= 11 is 3.48. The molecular formula is C11H18BrF3O. The van der Waals surface area contributed by atoms with Crippen LogP contribution >= 0.6 is 15.9 Å². The third-order valence-electron chi connectivity index (χ3n) is 3.24. The second-order valence-electron chi connectivity index (χ2n) is 4.61. The number of ether oxygens (including phenoxy) is 1. The molecular weight excluding hydrogens is 285 g/mol. The molecule has 1 nitrogen and oxygen atoms in total. The van der Waals surface area contributed by atoms with Gasteiger partial charge in [-0.05, 0) is 24.7 Å². The van der Waals surface area contributed by atoms with Gasteiger partial charge in [-0.2, -0.15) is 13.2 Å². The molecule has 0 saturated heterocycles. The number of alkyl halides is 4. The highest BCUT2D eigenvalue weighted by Crippen LogP contribution is 2.40. The molecule has 0 radical (unpaired) electrons. The van der Waals surface area contributed by atoms with Gasteiger partial charge in [0.05, 0.1) is 0 Å². The highest BCUT2D eigenvalue weighted by molar-refractivity contribution is 9.09. The quantitative estimate of drug-likeness (QED) is 0.543. The van der Waals surface area contributed by atoms with E-state index in [0.717, 1.165) is 24.6 Å². The number of rotatable bonds is 5. The van der Waals surface area contributed by atoms with Gasteiger partial charge >= 0.3 is 6.18 Å². The van der Waals surface area contributed by atoms with Crippen LogP contribution in [0.25, 0.3) is 0 Å². The molecule has 0 N–H and O–H groups in total. The Bertz CT molecular complexity index is 200. The standard InChI is InChI=1S/C11H18BrF3O/c12-8-10(4-2-1-3-5-10)6-7-16-9-11(13,14)15/h1-9H2. The fourth-order valence-electron chi connectivity index (χ4n) is 2.23. The van der Waals surface area contributed by atoms with Crippen molar-refractivity contribution in [2.24, 2.45) is 5.41 Å². The molecule has 1 aliphatic carbocycles. The van der Waals surface area contributed by atoms with E-state index in [1.807, 2.05) is 0 Å². The monoisotopic (exact) mass is 302 g/mol. The van der Waals surface area contributed by atoms with Gasteiger partial charge in [-0.1, -0.05) is 35.2 Å². The molecule has 1 rings (SSSR count). The third-order valence-corrected chi connectivity index (χ3v) is 4.43. The van der Waals surface area contributed by atoms with Gasteiger partial charge in [-0.15, -0.1) is 0 Å². The Labute approximate surface area is 103 Å². The van der Waals surface area contributed by atoms with Crippen LogP contribution in [-0.4, -0.2) is 24.7 Å². The van der Waals surface area contributed by atoms with Crippen molar-refractivity contribution in [1.82, 2.24) is 0 Å². The van der Waals surface area contributed by atoms with E-state index in [1.165, 1.54) is 19.3 Å². The number of hydrogen-bond acceptors (Lipinski definition) is 1. The summed E-state index contributed by atoms with van der Waals surface area (Å²) in [6.45, 7) is -0.906. The lowest BCUT2D eigenvalue weighted by atomic mass is 9.74. The van der Waals surface area contributed by atoms with E-state index in [-0.39, 0.29) is 12.0 Å². The molecule has 0 amide bonds. The van der Waals surface area contributed by atoms with Crippen LogP contribution in [0.3, 0.4) is 0 Å². The first-order chi connectivity index (χ1) is 7.47. The van der Waals surface area contributed by atoms with E-state index in [0.29, 0.717) is 0 Å². The topological polar surface area (TPSA) is 9.23 Å². The highest BCUT2D eigenvalue weighted by atomic mass is 79.9. The Morgan fingerprint density at radius 3 is 2.25 bits per heavy atom. The predicted molar refractivity (Wildman–Crippen MR) is 60.8 cm³/mol. The van der Waals surface area contributed by atoms with E-state index in [4.69, 9.17) is 0 Å². The van der Waals surface area contributed by atoms with Crippen LogP contribution in [-0.2, 0) is 4.74 Å². The molecule has 1 saturated carbocycles. The smallest absolute Gasteiger partial charge is 0.372 e. The maximum atomic E-state index is 11.9. The Morgan fingerprint density at radius 2 is 1.75 bits per heavy atom. The molecule has 0 atom stereocenters. The van der Waals surface area contributed by atoms with Crippen LogP contribution in [0.4, 0.5) is 13.2 Å². The lowest BCUT2D eigenvalue weighted by Crippen LogP contribution is -2.28. The lowest BCUT2D eigenvalue weighted by molar-refractivity contribution is -0.175. The molecule has 5 heteroatoms. The second kappa shape index (κ2) is 6.24. The van der Waals surface area contributed by atoms with Crippen molar-refractivity contribution >= 4 is 15.9 Å². The molecule has 0 heterocycles. The zero-order valence-corrected chi connectivity index (χ0v) is 10.9. The average Bonchev–Trinajstić information content (AvgIpc) is 2.25. The summed E-state index contributed by atoms with van der Waals surface area (Å²) in [5.74, 6) is 0. The predicted octanol–water partition coefficient (Wildman–Crippen LogP) is 4.30. The van der Waals surface area contributed by atoms with Gasteiger partial charge in [0.25, 0.3) is 0 Å². The minimum Gasteiger partial charge on any atom is -0.372 e. The first-order valence-corrected chi connectivity index (χ1v) is 6.80. The molecule has 0 bridgehead atoms. The van der Waals surface area contributed by atoms with E-state index in [9.17, 15) is 13.2 Å². The Hall–Kier alpha value is 0.230. The van der Waals surface area contributed by atoms with E-state index >= 15 is 0 Å². The van der Waals surface area contributed by atoms with Gasteiger partial charge in [0.2, 0.25) is 0 Å². The molecule has 0 aromatic carbocycles. The van der Waals surface area contributed by atoms with Crippen molar-refractivity contribution in [3.63, 3.8) is 0 Å². The first kappa shape index (κ1) is 14.3. The summed E-state index contributed by atoms with van der Waals surface area (Å²) in [6, 6.07) is 0. The molecule has 1 fully saturated rings. The summed E-state index contributed by atoms with van der Waals surface area (Å²) in [5.41, 5.74) is 0.170. The van der Waals surface area contributed by atoms with Crippen LogP contribution < -0.4 is 0 Å². The van der Waals surface area contributed by atoms with Crippen molar-refractivity contribution < 1.29 is 17.9 Å². The zero-order valence-electron chi connectivity index (χ0n) is 9.28. The summed E-state index contributed by atoms with van der Waals surface area (Å²) in [7, 11) is 0. The van der Waals surface area contributed by atoms with Gasteiger partial charge < -0.3 is 4.74 Å². The second-order valence-corrected chi connectivity index (χ2v) is 5.17. The molecule has 0 aliphatic heterocycles. The molecule has 0 aromatic heterocycles. The van der Waals surface area contributed by atoms with E-state index < -0.39 is 12.8 Å². The average molecular weight is 303 g/mol. The summed E-state index contributed by atoms with van der Waals surface area (Å²) < 4.78 is 40.3. The summed E-state index contributed by atoms with van der Waals surface area (Å²) in [4.78, 5) is 0. The van der Waals surface area contributed by atoms with Crippen LogP contribution in [0.2, 0.25) is 0 Å². The van der Waals surface area contributed by atoms with Gasteiger partial charge in [0, 0.05) is 11.9 Å². The molecule has 16 heavy (non-hydrogen) atoms. The fraction of sp³-hybridized carbons (Fsp3) is 1.00. The SMILES string of the molecule is FC(F)(F)COCCC1(CBr)CCCCC1. The lowest BCUT2D eigenvalue weighted by Gasteiger charge is -2.35. The van der Waals surface area contributed by atoms with Crippen LogP contribution in [0, 0.1) is 5.41 Å². The number of hydrogen-bond donors (Lipinski definition) is 0. The van der Waals surface area contributed by atoms with Crippen LogP contribution in [0.1, 0.15) is 38.5 Å². The summed E-state index contributed by atoms with van der Waals surface area (Å²) in [5, 5.41) is 0.870. The normalized spacial score (nSPS) is 21.0. The Kier molecular flexibility index (Phi) is 5.57. The Morgan fingerprint density at radius 1 is 1.12 bits per heavy atom. The van der Waals surface area contributed by atoms with Crippen LogP contribution in [0.15, 0.2) is 0 Å². The minimum absolute atomic E-state index is 0.170. The molecule has 0 spiro atoms. The van der Waals surface area contributed by atoms with Gasteiger partial charge in [0.1, 0.15) is 6.61 Å². The van der Waals surface area contributed by atoms with E-state index in [1.54, 1.807) is 0 Å².